The van der Waals surface area contributed by atoms with E-state index in [0.29, 0.717) is 11.4 Å². The molecule has 0 saturated heterocycles. The van der Waals surface area contributed by atoms with E-state index in [1.54, 1.807) is 31.2 Å². The van der Waals surface area contributed by atoms with Crippen LogP contribution in [0.5, 0.6) is 0 Å². The third kappa shape index (κ3) is 3.25. The summed E-state index contributed by atoms with van der Waals surface area (Å²) in [7, 11) is 0. The van der Waals surface area contributed by atoms with Crippen molar-refractivity contribution in [3.63, 3.8) is 0 Å². The van der Waals surface area contributed by atoms with Gasteiger partial charge in [-0.05, 0) is 37.3 Å². The van der Waals surface area contributed by atoms with Crippen LogP contribution >= 0.6 is 0 Å². The molecule has 0 aliphatic rings. The molecule has 0 spiro atoms. The molecule has 0 bridgehead atoms. The van der Waals surface area contributed by atoms with Gasteiger partial charge in [-0.25, -0.2) is 13.9 Å². The number of carbonyl (C=O) groups is 1. The molecule has 7 heteroatoms. The molecule has 6 nitrogen and oxygen atoms in total. The monoisotopic (exact) mass is 339 g/mol. The predicted molar refractivity (Wildman–Crippen MR) is 91.7 cm³/mol. The van der Waals surface area contributed by atoms with E-state index in [0.717, 1.165) is 0 Å². The molecule has 0 aliphatic heterocycles. The first kappa shape index (κ1) is 16.4. The Morgan fingerprint density at radius 1 is 1.24 bits per heavy atom. The lowest BCUT2D eigenvalue weighted by Gasteiger charge is -2.00. The van der Waals surface area contributed by atoms with Crippen LogP contribution in [0.4, 0.5) is 10.1 Å². The van der Waals surface area contributed by atoms with Gasteiger partial charge in [-0.2, -0.15) is 0 Å². The molecule has 0 radical (unpaired) electrons. The number of hydrogen-bond acceptors (Lipinski definition) is 3. The smallest absolute Gasteiger partial charge is 0.337 e. The van der Waals surface area contributed by atoms with Crippen LogP contribution in [0.2, 0.25) is 0 Å². The highest BCUT2D eigenvalue weighted by molar-refractivity contribution is 5.95. The summed E-state index contributed by atoms with van der Waals surface area (Å²) in [5, 5.41) is 12.0. The number of aliphatic imine (C=N–C) groups is 1. The number of carboxylic acid groups (broad SMARTS) is 1. The average molecular weight is 339 g/mol. The number of nitrogens with one attached hydrogen (secondary N) is 1. The number of carboxylic acids is 1. The van der Waals surface area contributed by atoms with Crippen molar-refractivity contribution in [1.29, 1.82) is 0 Å². The Balaban J connectivity index is 2.03. The van der Waals surface area contributed by atoms with Gasteiger partial charge in [0.2, 0.25) is 0 Å². The van der Waals surface area contributed by atoms with Gasteiger partial charge < -0.3 is 5.11 Å². The summed E-state index contributed by atoms with van der Waals surface area (Å²) < 4.78 is 14.6. The average Bonchev–Trinajstić information content (AvgIpc) is 2.87. The summed E-state index contributed by atoms with van der Waals surface area (Å²) in [6.07, 6.45) is 1.31. The quantitative estimate of drug-likeness (QED) is 0.716. The van der Waals surface area contributed by atoms with Crippen LogP contribution in [0.15, 0.2) is 58.3 Å². The highest BCUT2D eigenvalue weighted by atomic mass is 19.1. The zero-order valence-electron chi connectivity index (χ0n) is 13.2. The van der Waals surface area contributed by atoms with Crippen LogP contribution in [-0.2, 0) is 0 Å². The molecule has 2 N–H and O–H groups in total. The number of halogens is 1. The zero-order valence-corrected chi connectivity index (χ0v) is 13.2. The lowest BCUT2D eigenvalue weighted by molar-refractivity contribution is 0.0698. The van der Waals surface area contributed by atoms with Crippen molar-refractivity contribution in [1.82, 2.24) is 9.78 Å². The summed E-state index contributed by atoms with van der Waals surface area (Å²) in [5.41, 5.74) is 1.04. The van der Waals surface area contributed by atoms with E-state index in [9.17, 15) is 14.0 Å². The topological polar surface area (TPSA) is 87.5 Å². The zero-order chi connectivity index (χ0) is 18.0. The highest BCUT2D eigenvalue weighted by Gasteiger charge is 2.12. The van der Waals surface area contributed by atoms with Crippen LogP contribution in [0.3, 0.4) is 0 Å². The van der Waals surface area contributed by atoms with Gasteiger partial charge in [0.15, 0.2) is 0 Å². The van der Waals surface area contributed by atoms with Gasteiger partial charge in [0.1, 0.15) is 5.82 Å². The summed E-state index contributed by atoms with van der Waals surface area (Å²) in [6, 6.07) is 11.9. The molecule has 0 fully saturated rings. The minimum absolute atomic E-state index is 0.0393. The number of nitrogens with zero attached hydrogens (tertiary/aromatic N) is 2. The van der Waals surface area contributed by atoms with Crippen molar-refractivity contribution in [2.75, 3.05) is 0 Å². The number of hydrogen-bond donors (Lipinski definition) is 2. The molecule has 3 aromatic rings. The van der Waals surface area contributed by atoms with Gasteiger partial charge in [-0.15, -0.1) is 0 Å². The maximum Gasteiger partial charge on any atom is 0.337 e. The fourth-order valence-corrected chi connectivity index (χ4v) is 2.41. The SMILES string of the molecule is Cc1[nH]n(-c2cccc(F)c2)c(=O)c1C=Nc1ccccc1C(=O)O. The predicted octanol–water partition coefficient (Wildman–Crippen LogP) is 3.06. The number of rotatable bonds is 4. The first-order chi connectivity index (χ1) is 12.0. The molecule has 0 atom stereocenters. The van der Waals surface area contributed by atoms with Crippen molar-refractivity contribution < 1.29 is 14.3 Å². The Bertz CT molecular complexity index is 1030. The Morgan fingerprint density at radius 3 is 2.72 bits per heavy atom. The molecule has 0 unspecified atom stereocenters. The van der Waals surface area contributed by atoms with Crippen molar-refractivity contribution in [3.05, 3.63) is 81.5 Å². The third-order valence-electron chi connectivity index (χ3n) is 3.65. The number of aryl methyl sites for hydroxylation is 1. The molecule has 2 aromatic carbocycles. The minimum Gasteiger partial charge on any atom is -0.478 e. The number of para-hydroxylation sites is 1. The Kier molecular flexibility index (Phi) is 4.30. The van der Waals surface area contributed by atoms with Crippen molar-refractivity contribution >= 4 is 17.9 Å². The van der Waals surface area contributed by atoms with Gasteiger partial charge in [0.25, 0.3) is 5.56 Å². The number of aromatic amines is 1. The number of H-pyrrole nitrogens is 1. The summed E-state index contributed by atoms with van der Waals surface area (Å²) in [6.45, 7) is 1.68. The third-order valence-corrected chi connectivity index (χ3v) is 3.65. The molecule has 3 rings (SSSR count). The van der Waals surface area contributed by atoms with E-state index in [2.05, 4.69) is 10.1 Å². The van der Waals surface area contributed by atoms with E-state index in [1.807, 2.05) is 0 Å². The van der Waals surface area contributed by atoms with Gasteiger partial charge >= 0.3 is 5.97 Å². The number of aromatic carboxylic acids is 1. The maximum atomic E-state index is 13.4. The van der Waals surface area contributed by atoms with Crippen molar-refractivity contribution in [3.8, 4) is 5.69 Å². The highest BCUT2D eigenvalue weighted by Crippen LogP contribution is 2.18. The van der Waals surface area contributed by atoms with Crippen LogP contribution in [0, 0.1) is 12.7 Å². The second-order valence-corrected chi connectivity index (χ2v) is 5.35. The van der Waals surface area contributed by atoms with Gasteiger partial charge in [-0.3, -0.25) is 14.9 Å². The molecule has 0 amide bonds. The van der Waals surface area contributed by atoms with Gasteiger partial charge in [0.05, 0.1) is 22.5 Å². The van der Waals surface area contributed by atoms with E-state index < -0.39 is 17.3 Å². The molecule has 1 aromatic heterocycles. The molecular formula is C18H14FN3O3. The first-order valence-corrected chi connectivity index (χ1v) is 7.41. The molecule has 0 saturated carbocycles. The number of benzene rings is 2. The molecule has 25 heavy (non-hydrogen) atoms. The molecular weight excluding hydrogens is 325 g/mol. The standard InChI is InChI=1S/C18H14FN3O3/c1-11-15(10-20-16-8-3-2-7-14(16)18(24)25)17(23)22(21-11)13-6-4-5-12(19)9-13/h2-10,21H,1H3,(H,24,25). The van der Waals surface area contributed by atoms with Crippen molar-refractivity contribution in [2.45, 2.75) is 6.92 Å². The summed E-state index contributed by atoms with van der Waals surface area (Å²) in [5.74, 6) is -1.56. The van der Waals surface area contributed by atoms with E-state index in [4.69, 9.17) is 5.11 Å². The van der Waals surface area contributed by atoms with Crippen LogP contribution in [0.25, 0.3) is 5.69 Å². The largest absolute Gasteiger partial charge is 0.478 e. The Labute approximate surface area is 141 Å². The second kappa shape index (κ2) is 6.56. The van der Waals surface area contributed by atoms with E-state index >= 15 is 0 Å². The Morgan fingerprint density at radius 2 is 2.00 bits per heavy atom. The molecule has 0 aliphatic carbocycles. The van der Waals surface area contributed by atoms with E-state index in [1.165, 1.54) is 35.2 Å². The van der Waals surface area contributed by atoms with Crippen LogP contribution in [0.1, 0.15) is 21.6 Å². The lowest BCUT2D eigenvalue weighted by atomic mass is 10.2. The lowest BCUT2D eigenvalue weighted by Crippen LogP contribution is -2.17. The minimum atomic E-state index is -1.10. The second-order valence-electron chi connectivity index (χ2n) is 5.35. The van der Waals surface area contributed by atoms with E-state index in [-0.39, 0.29) is 16.8 Å². The fourth-order valence-electron chi connectivity index (χ4n) is 2.41. The first-order valence-electron chi connectivity index (χ1n) is 7.41. The van der Waals surface area contributed by atoms with Gasteiger partial charge in [0, 0.05) is 11.9 Å². The normalized spacial score (nSPS) is 11.1. The summed E-state index contributed by atoms with van der Waals surface area (Å²) >= 11 is 0. The molecule has 1 heterocycles. The number of aromatic nitrogens is 2. The van der Waals surface area contributed by atoms with Crippen molar-refractivity contribution in [2.24, 2.45) is 4.99 Å². The maximum absolute atomic E-state index is 13.4. The Hall–Kier alpha value is -3.48. The van der Waals surface area contributed by atoms with Gasteiger partial charge in [-0.1, -0.05) is 18.2 Å². The molecule has 126 valence electrons. The van der Waals surface area contributed by atoms with Crippen LogP contribution < -0.4 is 5.56 Å². The van der Waals surface area contributed by atoms with Crippen LogP contribution in [-0.4, -0.2) is 27.1 Å². The fraction of sp³-hybridized carbons (Fsp3) is 0.0556. The summed E-state index contributed by atoms with van der Waals surface area (Å²) in [4.78, 5) is 27.9.